The summed E-state index contributed by atoms with van der Waals surface area (Å²) in [5, 5.41) is 20.9. The molecule has 0 spiro atoms. The molecule has 0 N–H and O–H groups in total. The number of carbonyl (C=O) groups is 1. The van der Waals surface area contributed by atoms with Crippen molar-refractivity contribution in [2.75, 3.05) is 27.6 Å². The molecule has 39 heavy (non-hydrogen) atoms. The Morgan fingerprint density at radius 1 is 1.23 bits per heavy atom. The molecule has 12 nitrogen and oxygen atoms in total. The molecule has 0 aliphatic carbocycles. The Morgan fingerprint density at radius 2 is 2.05 bits per heavy atom. The first kappa shape index (κ1) is 27.3. The molecule has 12 heteroatoms. The summed E-state index contributed by atoms with van der Waals surface area (Å²) < 4.78 is 28.4. The lowest BCUT2D eigenvalue weighted by Gasteiger charge is -2.21. The van der Waals surface area contributed by atoms with Crippen LogP contribution in [0.15, 0.2) is 47.4 Å². The van der Waals surface area contributed by atoms with Gasteiger partial charge in [-0.25, -0.2) is 0 Å². The number of nitriles is 1. The zero-order valence-corrected chi connectivity index (χ0v) is 21.3. The minimum Gasteiger partial charge on any atom is -0.497 e. The van der Waals surface area contributed by atoms with E-state index in [4.69, 9.17) is 23.7 Å². The van der Waals surface area contributed by atoms with Gasteiger partial charge in [0.05, 0.1) is 24.2 Å². The Labute approximate surface area is 223 Å². The quantitative estimate of drug-likeness (QED) is 0.155. The van der Waals surface area contributed by atoms with Crippen LogP contribution in [0.2, 0.25) is 0 Å². The van der Waals surface area contributed by atoms with E-state index in [9.17, 15) is 25.0 Å². The van der Waals surface area contributed by atoms with Crippen LogP contribution in [0.4, 0.5) is 5.69 Å². The van der Waals surface area contributed by atoms with Gasteiger partial charge in [-0.05, 0) is 30.7 Å². The van der Waals surface area contributed by atoms with E-state index in [1.165, 1.54) is 49.2 Å². The van der Waals surface area contributed by atoms with E-state index in [2.05, 4.69) is 0 Å². The Bertz CT molecular complexity index is 1510. The number of benzene rings is 2. The van der Waals surface area contributed by atoms with Crippen LogP contribution in [0.3, 0.4) is 0 Å². The Balaban J connectivity index is 1.70. The number of ether oxygens (including phenoxy) is 5. The molecule has 0 fully saturated rings. The molecule has 3 aromatic rings. The fraction of sp³-hybridized carbons (Fsp3) is 0.296. The van der Waals surface area contributed by atoms with Crippen molar-refractivity contribution in [2.24, 2.45) is 0 Å². The summed E-state index contributed by atoms with van der Waals surface area (Å²) in [5.41, 5.74) is 0.318. The molecule has 0 saturated heterocycles. The van der Waals surface area contributed by atoms with Gasteiger partial charge >= 0.3 is 0 Å². The second kappa shape index (κ2) is 12.2. The molecule has 0 radical (unpaired) electrons. The molecule has 0 atom stereocenters. The van der Waals surface area contributed by atoms with Gasteiger partial charge in [-0.3, -0.25) is 19.7 Å². The van der Waals surface area contributed by atoms with Gasteiger partial charge < -0.3 is 28.3 Å². The first-order valence-corrected chi connectivity index (χ1v) is 11.9. The van der Waals surface area contributed by atoms with Crippen LogP contribution in [-0.4, -0.2) is 42.9 Å². The molecule has 0 unspecified atom stereocenters. The number of aryl methyl sites for hydroxylation is 1. The first-order chi connectivity index (χ1) is 18.9. The molecule has 0 bridgehead atoms. The van der Waals surface area contributed by atoms with Gasteiger partial charge in [-0.2, -0.15) is 5.26 Å². The number of non-ortho nitro benzene ring substituents is 1. The number of hydrogen-bond donors (Lipinski definition) is 0. The number of carbonyl (C=O) groups excluding carboxylic acids is 1. The van der Waals surface area contributed by atoms with Gasteiger partial charge in [0.25, 0.3) is 11.2 Å². The summed E-state index contributed by atoms with van der Waals surface area (Å²) in [7, 11) is 2.99. The van der Waals surface area contributed by atoms with Crippen molar-refractivity contribution in [2.45, 2.75) is 26.2 Å². The average Bonchev–Trinajstić information content (AvgIpc) is 2.96. The number of rotatable bonds is 11. The summed E-state index contributed by atoms with van der Waals surface area (Å²) in [6.07, 6.45) is 1.91. The van der Waals surface area contributed by atoms with E-state index in [1.807, 2.05) is 6.07 Å². The zero-order valence-electron chi connectivity index (χ0n) is 21.3. The van der Waals surface area contributed by atoms with Gasteiger partial charge in [0.15, 0.2) is 12.6 Å². The summed E-state index contributed by atoms with van der Waals surface area (Å²) >= 11 is 0. The fourth-order valence-corrected chi connectivity index (χ4v) is 4.13. The highest BCUT2D eigenvalue weighted by Gasteiger charge is 2.23. The Morgan fingerprint density at radius 3 is 2.77 bits per heavy atom. The number of aromatic nitrogens is 1. The topological polar surface area (TPSA) is 152 Å². The van der Waals surface area contributed by atoms with E-state index < -0.39 is 16.3 Å². The van der Waals surface area contributed by atoms with Crippen LogP contribution >= 0.6 is 0 Å². The molecule has 0 saturated carbocycles. The summed E-state index contributed by atoms with van der Waals surface area (Å²) in [6, 6.07) is 10.5. The highest BCUT2D eigenvalue weighted by atomic mass is 16.7. The molecule has 2 aromatic carbocycles. The van der Waals surface area contributed by atoms with Gasteiger partial charge in [0.1, 0.15) is 35.5 Å². The van der Waals surface area contributed by atoms with Crippen molar-refractivity contribution >= 4 is 11.5 Å². The average molecular weight is 536 g/mol. The molecule has 1 aliphatic heterocycles. The summed E-state index contributed by atoms with van der Waals surface area (Å²) in [4.78, 5) is 37.2. The molecule has 202 valence electrons. The Hall–Kier alpha value is -4.73. The zero-order chi connectivity index (χ0) is 27.9. The number of hydrogen-bond acceptors (Lipinski definition) is 10. The van der Waals surface area contributed by atoms with Crippen molar-refractivity contribution in [1.29, 1.82) is 5.26 Å². The van der Waals surface area contributed by atoms with E-state index in [-0.39, 0.29) is 54.7 Å². The van der Waals surface area contributed by atoms with Gasteiger partial charge in [0, 0.05) is 55.3 Å². The molecule has 1 aromatic heterocycles. The smallest absolute Gasteiger partial charge is 0.270 e. The molecule has 0 amide bonds. The lowest BCUT2D eigenvalue weighted by molar-refractivity contribution is -0.385. The van der Waals surface area contributed by atoms with Crippen LogP contribution in [0, 0.1) is 21.4 Å². The number of methoxy groups -OCH3 is 2. The lowest BCUT2D eigenvalue weighted by atomic mass is 10.0. The van der Waals surface area contributed by atoms with Crippen molar-refractivity contribution in [3.63, 3.8) is 0 Å². The molecule has 1 aliphatic rings. The maximum Gasteiger partial charge on any atom is 0.270 e. The van der Waals surface area contributed by atoms with Crippen LogP contribution in [0.5, 0.6) is 17.2 Å². The highest BCUT2D eigenvalue weighted by molar-refractivity contribution is 6.11. The van der Waals surface area contributed by atoms with Crippen LogP contribution in [0.1, 0.15) is 39.0 Å². The lowest BCUT2D eigenvalue weighted by Crippen LogP contribution is -2.24. The minimum atomic E-state index is -0.519. The highest BCUT2D eigenvalue weighted by Crippen LogP contribution is 2.34. The van der Waals surface area contributed by atoms with Crippen molar-refractivity contribution < 1.29 is 33.4 Å². The van der Waals surface area contributed by atoms with Gasteiger partial charge in [-0.15, -0.1) is 0 Å². The van der Waals surface area contributed by atoms with E-state index in [0.29, 0.717) is 35.7 Å². The molecule has 4 rings (SSSR count). The van der Waals surface area contributed by atoms with Gasteiger partial charge in [0.2, 0.25) is 0 Å². The minimum absolute atomic E-state index is 0.00853. The molecule has 2 heterocycles. The molecular formula is C27H25N3O9. The second-order valence-electron chi connectivity index (χ2n) is 8.54. The third-order valence-electron chi connectivity index (χ3n) is 6.01. The normalized spacial score (nSPS) is 12.1. The van der Waals surface area contributed by atoms with Crippen molar-refractivity contribution in [3.8, 4) is 23.3 Å². The number of nitro groups is 1. The predicted octanol–water partition coefficient (Wildman–Crippen LogP) is 3.35. The van der Waals surface area contributed by atoms with Crippen molar-refractivity contribution in [3.05, 3.63) is 90.9 Å². The van der Waals surface area contributed by atoms with Crippen LogP contribution in [0.25, 0.3) is 0 Å². The number of nitro benzene ring substituents is 1. The second-order valence-corrected chi connectivity index (χ2v) is 8.54. The maximum atomic E-state index is 13.7. The van der Waals surface area contributed by atoms with E-state index >= 15 is 0 Å². The number of nitrogens with zero attached hydrogens (tertiary/aromatic N) is 3. The van der Waals surface area contributed by atoms with Gasteiger partial charge in [-0.1, -0.05) is 0 Å². The third kappa shape index (κ3) is 6.06. The predicted molar refractivity (Wildman–Crippen MR) is 136 cm³/mol. The number of fused-ring (bicyclic) bond motifs is 1. The van der Waals surface area contributed by atoms with Crippen LogP contribution < -0.4 is 19.8 Å². The third-order valence-corrected chi connectivity index (χ3v) is 6.01. The summed E-state index contributed by atoms with van der Waals surface area (Å²) in [6.45, 7) is 0.655. The number of ketones is 1. The standard InChI is InChI=1S/C27H25N3O9/c1-35-7-3-6-29-13-18(8-17(12-28)27(29)32)25(31)23-11-22(36-2)4-5-24(23)38-15-20-10-21(30(33)34)9-19-14-37-16-39-26(19)20/h4-5,8-11,13H,3,6-7,14-16H2,1-2H3. The monoisotopic (exact) mass is 535 g/mol. The SMILES string of the molecule is COCCCn1cc(C(=O)c2cc(OC)ccc2OCc2cc([N+](=O)[O-])cc3c2OCOC3)cc(C#N)c1=O. The maximum absolute atomic E-state index is 13.7. The fourth-order valence-electron chi connectivity index (χ4n) is 4.13. The van der Waals surface area contributed by atoms with E-state index in [0.717, 1.165) is 0 Å². The largest absolute Gasteiger partial charge is 0.497 e. The van der Waals surface area contributed by atoms with E-state index in [1.54, 1.807) is 12.1 Å². The first-order valence-electron chi connectivity index (χ1n) is 11.9. The van der Waals surface area contributed by atoms with Crippen LogP contribution in [-0.2, 0) is 29.2 Å². The number of pyridine rings is 1. The molecular weight excluding hydrogens is 510 g/mol. The Kier molecular flexibility index (Phi) is 8.55. The van der Waals surface area contributed by atoms with Crippen molar-refractivity contribution in [1.82, 2.24) is 4.57 Å². The summed E-state index contributed by atoms with van der Waals surface area (Å²) in [5.74, 6) is 0.471.